The first-order valence-electron chi connectivity index (χ1n) is 7.95. The molecule has 0 saturated heterocycles. The predicted octanol–water partition coefficient (Wildman–Crippen LogP) is 3.83. The largest absolute Gasteiger partial charge is 0.497 e. The number of halogens is 2. The number of ether oxygens (including phenoxy) is 2. The molecule has 28 heavy (non-hydrogen) atoms. The highest BCUT2D eigenvalue weighted by Gasteiger charge is 2.30. The van der Waals surface area contributed by atoms with Crippen molar-refractivity contribution in [2.24, 2.45) is 0 Å². The molecule has 1 aromatic heterocycles. The molecule has 0 unspecified atom stereocenters. The molecular formula is C18H16F2N2O4S2. The third-order valence-electron chi connectivity index (χ3n) is 3.90. The van der Waals surface area contributed by atoms with Gasteiger partial charge in [0.05, 0.1) is 20.8 Å². The van der Waals surface area contributed by atoms with Gasteiger partial charge in [-0.2, -0.15) is 0 Å². The zero-order valence-electron chi connectivity index (χ0n) is 14.9. The Labute approximate surface area is 165 Å². The monoisotopic (exact) mass is 426 g/mol. The van der Waals surface area contributed by atoms with Gasteiger partial charge in [-0.15, -0.1) is 11.3 Å². The van der Waals surface area contributed by atoms with Crippen LogP contribution in [0.15, 0.2) is 52.9 Å². The highest BCUT2D eigenvalue weighted by molar-refractivity contribution is 7.93. The van der Waals surface area contributed by atoms with Gasteiger partial charge in [0, 0.05) is 29.3 Å². The minimum Gasteiger partial charge on any atom is -0.497 e. The van der Waals surface area contributed by atoms with Gasteiger partial charge in [0.15, 0.2) is 5.13 Å². The zero-order chi connectivity index (χ0) is 20.3. The summed E-state index contributed by atoms with van der Waals surface area (Å²) < 4.78 is 65.2. The normalized spacial score (nSPS) is 11.3. The molecule has 0 radical (unpaired) electrons. The molecule has 0 saturated carbocycles. The lowest BCUT2D eigenvalue weighted by molar-refractivity contribution is 0.391. The molecule has 0 aliphatic rings. The van der Waals surface area contributed by atoms with Crippen LogP contribution in [0.3, 0.4) is 0 Å². The van der Waals surface area contributed by atoms with Gasteiger partial charge < -0.3 is 9.47 Å². The van der Waals surface area contributed by atoms with E-state index in [0.29, 0.717) is 23.1 Å². The van der Waals surface area contributed by atoms with E-state index in [4.69, 9.17) is 9.47 Å². The first-order chi connectivity index (χ1) is 13.4. The molecule has 1 heterocycles. The molecular weight excluding hydrogens is 410 g/mol. The van der Waals surface area contributed by atoms with Crippen LogP contribution in [0.4, 0.5) is 13.9 Å². The minimum absolute atomic E-state index is 0.140. The third-order valence-corrected chi connectivity index (χ3v) is 6.58. The Morgan fingerprint density at radius 2 is 1.89 bits per heavy atom. The number of methoxy groups -OCH3 is 2. The van der Waals surface area contributed by atoms with Crippen molar-refractivity contribution in [1.82, 2.24) is 4.98 Å². The van der Waals surface area contributed by atoms with Crippen molar-refractivity contribution in [2.75, 3.05) is 18.5 Å². The maximum Gasteiger partial charge on any atom is 0.269 e. The van der Waals surface area contributed by atoms with Crippen molar-refractivity contribution < 1.29 is 26.7 Å². The van der Waals surface area contributed by atoms with Crippen LogP contribution in [0.2, 0.25) is 0 Å². The summed E-state index contributed by atoms with van der Waals surface area (Å²) in [6.07, 6.45) is 1.44. The second-order valence-corrected chi connectivity index (χ2v) is 8.28. The van der Waals surface area contributed by atoms with Gasteiger partial charge in [-0.3, -0.25) is 0 Å². The van der Waals surface area contributed by atoms with Crippen LogP contribution in [0, 0.1) is 11.6 Å². The van der Waals surface area contributed by atoms with Crippen molar-refractivity contribution >= 4 is 26.5 Å². The van der Waals surface area contributed by atoms with Crippen LogP contribution in [0.5, 0.6) is 11.5 Å². The second-order valence-electron chi connectivity index (χ2n) is 5.58. The van der Waals surface area contributed by atoms with E-state index >= 15 is 0 Å². The minimum atomic E-state index is -4.36. The number of sulfonamides is 1. The summed E-state index contributed by atoms with van der Waals surface area (Å²) in [5.74, 6) is -1.11. The van der Waals surface area contributed by atoms with Crippen LogP contribution in [0.1, 0.15) is 5.56 Å². The first kappa shape index (κ1) is 20.0. The van der Waals surface area contributed by atoms with Gasteiger partial charge in [-0.1, -0.05) is 0 Å². The molecule has 0 atom stereocenters. The summed E-state index contributed by atoms with van der Waals surface area (Å²) in [5.41, 5.74) is 0.518. The van der Waals surface area contributed by atoms with E-state index in [0.717, 1.165) is 27.8 Å². The molecule has 6 nitrogen and oxygen atoms in total. The number of rotatable bonds is 7. The Bertz CT molecular complexity index is 1070. The molecule has 0 aliphatic heterocycles. The molecule has 0 N–H and O–H groups in total. The lowest BCUT2D eigenvalue weighted by Gasteiger charge is -2.23. The highest BCUT2D eigenvalue weighted by atomic mass is 32.2. The van der Waals surface area contributed by atoms with E-state index in [-0.39, 0.29) is 11.7 Å². The summed E-state index contributed by atoms with van der Waals surface area (Å²) >= 11 is 1.08. The summed E-state index contributed by atoms with van der Waals surface area (Å²) in [7, 11) is -1.41. The maximum atomic E-state index is 14.2. The van der Waals surface area contributed by atoms with Crippen LogP contribution in [-0.2, 0) is 16.6 Å². The van der Waals surface area contributed by atoms with Crippen molar-refractivity contribution in [3.63, 3.8) is 0 Å². The topological polar surface area (TPSA) is 68.7 Å². The SMILES string of the molecule is COc1ccc(CN(c2nccs2)S(=O)(=O)c2ccc(F)cc2F)c(OC)c1. The van der Waals surface area contributed by atoms with E-state index in [1.807, 2.05) is 0 Å². The van der Waals surface area contributed by atoms with E-state index in [9.17, 15) is 17.2 Å². The standard InChI is InChI=1S/C18H16F2N2O4S2/c1-25-14-5-3-12(16(10-14)26-2)11-22(18-21-7-8-27-18)28(23,24)17-6-4-13(19)9-15(17)20/h3-10H,11H2,1-2H3. The summed E-state index contributed by atoms with van der Waals surface area (Å²) in [6.45, 7) is -0.167. The average Bonchev–Trinajstić information content (AvgIpc) is 3.19. The molecule has 2 aromatic carbocycles. The van der Waals surface area contributed by atoms with Gasteiger partial charge in [-0.05, 0) is 24.3 Å². The Hall–Kier alpha value is -2.72. The van der Waals surface area contributed by atoms with Crippen LogP contribution >= 0.6 is 11.3 Å². The average molecular weight is 426 g/mol. The number of anilines is 1. The van der Waals surface area contributed by atoms with Crippen molar-refractivity contribution in [1.29, 1.82) is 0 Å². The number of benzene rings is 2. The summed E-state index contributed by atoms with van der Waals surface area (Å²) in [6, 6.07) is 7.23. The Morgan fingerprint density at radius 3 is 2.50 bits per heavy atom. The first-order valence-corrected chi connectivity index (χ1v) is 10.3. The maximum absolute atomic E-state index is 14.2. The van der Waals surface area contributed by atoms with Crippen molar-refractivity contribution in [3.8, 4) is 11.5 Å². The number of aromatic nitrogens is 1. The molecule has 10 heteroatoms. The lowest BCUT2D eigenvalue weighted by Crippen LogP contribution is -2.31. The van der Waals surface area contributed by atoms with Crippen LogP contribution < -0.4 is 13.8 Å². The zero-order valence-corrected chi connectivity index (χ0v) is 16.6. The molecule has 0 fully saturated rings. The molecule has 148 valence electrons. The highest BCUT2D eigenvalue weighted by Crippen LogP contribution is 2.32. The Morgan fingerprint density at radius 1 is 1.11 bits per heavy atom. The Kier molecular flexibility index (Phi) is 5.80. The predicted molar refractivity (Wildman–Crippen MR) is 101 cm³/mol. The second kappa shape index (κ2) is 8.11. The van der Waals surface area contributed by atoms with E-state index in [2.05, 4.69) is 4.98 Å². The number of hydrogen-bond acceptors (Lipinski definition) is 6. The van der Waals surface area contributed by atoms with Gasteiger partial charge >= 0.3 is 0 Å². The number of thiazole rings is 1. The lowest BCUT2D eigenvalue weighted by atomic mass is 10.2. The van der Waals surface area contributed by atoms with Gasteiger partial charge in [-0.25, -0.2) is 26.5 Å². The van der Waals surface area contributed by atoms with Crippen molar-refractivity contribution in [3.05, 3.63) is 65.2 Å². The molecule has 3 aromatic rings. The van der Waals surface area contributed by atoms with E-state index < -0.39 is 26.6 Å². The fraction of sp³-hybridized carbons (Fsp3) is 0.167. The molecule has 0 bridgehead atoms. The molecule has 0 aliphatic carbocycles. The quantitative estimate of drug-likeness (QED) is 0.574. The van der Waals surface area contributed by atoms with Crippen LogP contribution in [0.25, 0.3) is 0 Å². The van der Waals surface area contributed by atoms with Gasteiger partial charge in [0.25, 0.3) is 10.0 Å². The molecule has 3 rings (SSSR count). The number of hydrogen-bond donors (Lipinski definition) is 0. The summed E-state index contributed by atoms with van der Waals surface area (Å²) in [5, 5.41) is 1.74. The van der Waals surface area contributed by atoms with Crippen molar-refractivity contribution in [2.45, 2.75) is 11.4 Å². The summed E-state index contributed by atoms with van der Waals surface area (Å²) in [4.78, 5) is 3.40. The molecule has 0 spiro atoms. The number of nitrogens with zero attached hydrogens (tertiary/aromatic N) is 2. The third kappa shape index (κ3) is 3.92. The van der Waals surface area contributed by atoms with E-state index in [1.54, 1.807) is 23.6 Å². The molecule has 0 amide bonds. The fourth-order valence-corrected chi connectivity index (χ4v) is 4.85. The smallest absolute Gasteiger partial charge is 0.269 e. The fourth-order valence-electron chi connectivity index (χ4n) is 2.53. The van der Waals surface area contributed by atoms with Gasteiger partial charge in [0.1, 0.15) is 28.0 Å². The van der Waals surface area contributed by atoms with Gasteiger partial charge in [0.2, 0.25) is 0 Å². The van der Waals surface area contributed by atoms with Crippen LogP contribution in [-0.4, -0.2) is 27.6 Å². The Balaban J connectivity index is 2.09. The van der Waals surface area contributed by atoms with E-state index in [1.165, 1.54) is 20.4 Å².